The molecule has 0 amide bonds. The van der Waals surface area contributed by atoms with Crippen molar-refractivity contribution in [3.63, 3.8) is 0 Å². The third kappa shape index (κ3) is 13.1. The van der Waals surface area contributed by atoms with Crippen LogP contribution in [0.2, 0.25) is 0 Å². The van der Waals surface area contributed by atoms with E-state index in [4.69, 9.17) is 0 Å². The van der Waals surface area contributed by atoms with Gasteiger partial charge in [0.05, 0.1) is 0 Å². The molecule has 0 N–H and O–H groups in total. The molecule has 0 aromatic heterocycles. The minimum absolute atomic E-state index is 0. The summed E-state index contributed by atoms with van der Waals surface area (Å²) in [5.74, 6) is 3.86. The van der Waals surface area contributed by atoms with Crippen LogP contribution in [0.5, 0.6) is 0 Å². The Kier molecular flexibility index (Phi) is 23.0. The first-order valence-corrected chi connectivity index (χ1v) is 11.2. The van der Waals surface area contributed by atoms with E-state index < -0.39 is 0 Å². The topological polar surface area (TPSA) is 0 Å². The van der Waals surface area contributed by atoms with Crippen molar-refractivity contribution in [2.45, 2.75) is 70.6 Å². The van der Waals surface area contributed by atoms with Gasteiger partial charge in [-0.2, -0.15) is 71.8 Å². The number of hydrogen-bond acceptors (Lipinski definition) is 0. The minimum Gasteiger partial charge on any atom is -0.184 e. The summed E-state index contributed by atoms with van der Waals surface area (Å²) in [6.45, 7) is 0. The molecule has 2 aromatic carbocycles. The van der Waals surface area contributed by atoms with Gasteiger partial charge in [-0.15, -0.1) is 0 Å². The third-order valence-electron chi connectivity index (χ3n) is 7.22. The molecule has 0 aliphatic heterocycles. The van der Waals surface area contributed by atoms with Crippen molar-refractivity contribution in [3.8, 4) is 0 Å². The van der Waals surface area contributed by atoms with Gasteiger partial charge in [-0.1, -0.05) is 25.7 Å². The molecule has 0 nitrogen and oxygen atoms in total. The van der Waals surface area contributed by atoms with Crippen LogP contribution in [0.3, 0.4) is 0 Å². The molecule has 152 valence electrons. The van der Waals surface area contributed by atoms with Gasteiger partial charge in [0, 0.05) is 182 Å². The van der Waals surface area contributed by atoms with E-state index in [0.29, 0.717) is 0 Å². The van der Waals surface area contributed by atoms with Gasteiger partial charge in [0.15, 0.2) is 0 Å². The normalized spacial score (nSPS) is 25.0. The average Bonchev–Trinajstić information content (AvgIpc) is 2.73. The minimum atomic E-state index is 0. The van der Waals surface area contributed by atoms with Crippen LogP contribution in [-0.4, -0.2) is 116 Å². The van der Waals surface area contributed by atoms with E-state index >= 15 is 0 Å². The summed E-state index contributed by atoms with van der Waals surface area (Å²) in [5.41, 5.74) is 3.01. The fourth-order valence-electron chi connectivity index (χ4n) is 5.60. The van der Waals surface area contributed by atoms with E-state index in [1.807, 2.05) is 0 Å². The van der Waals surface area contributed by atoms with Gasteiger partial charge < -0.3 is 0 Å². The summed E-state index contributed by atoms with van der Waals surface area (Å²) in [6, 6.07) is 23.5. The van der Waals surface area contributed by atoms with Gasteiger partial charge in [0.1, 0.15) is 0 Å². The molecule has 2 aliphatic carbocycles. The maximum Gasteiger partial charge on any atom is 0 e. The van der Waals surface area contributed by atoms with Crippen molar-refractivity contribution in [2.75, 3.05) is 0 Å². The van der Waals surface area contributed by atoms with E-state index in [1.165, 1.54) is 81.8 Å². The first kappa shape index (κ1) is 35.3. The number of benzene rings is 2. The Labute approximate surface area is 339 Å². The van der Waals surface area contributed by atoms with Crippen LogP contribution < -0.4 is 0 Å². The predicted octanol–water partition coefficient (Wildman–Crippen LogP) is 6.31. The molecule has 4 heteroatoms. The Morgan fingerprint density at radius 2 is 0.806 bits per heavy atom. The number of rotatable bonds is 6. The van der Waals surface area contributed by atoms with Crippen molar-refractivity contribution in [1.29, 1.82) is 0 Å². The van der Waals surface area contributed by atoms with Gasteiger partial charge >= 0.3 is 0 Å². The second-order valence-corrected chi connectivity index (χ2v) is 9.23. The van der Waals surface area contributed by atoms with Crippen LogP contribution in [0.15, 0.2) is 48.5 Å². The average molecular weight is 707 g/mol. The fraction of sp³-hybridized carbons (Fsp3) is 0.556. The zero-order chi connectivity index (χ0) is 18.3. The summed E-state index contributed by atoms with van der Waals surface area (Å²) in [5, 5.41) is 0. The van der Waals surface area contributed by atoms with Crippen LogP contribution in [0.1, 0.15) is 68.9 Å². The molecule has 2 aliphatic rings. The van der Waals surface area contributed by atoms with Crippen molar-refractivity contribution in [3.05, 3.63) is 71.8 Å². The first-order valence-electron chi connectivity index (χ1n) is 11.2. The number of hydrogen-bond donors (Lipinski definition) is 0. The summed E-state index contributed by atoms with van der Waals surface area (Å²) in [7, 11) is 0. The van der Waals surface area contributed by atoms with Crippen LogP contribution in [0, 0.1) is 35.8 Å². The largest absolute Gasteiger partial charge is 0.184 e. The van der Waals surface area contributed by atoms with E-state index in [9.17, 15) is 0 Å². The predicted molar refractivity (Wildman–Crippen MR) is 125 cm³/mol. The fourth-order valence-corrected chi connectivity index (χ4v) is 5.60. The Morgan fingerprint density at radius 3 is 1.13 bits per heavy atom. The van der Waals surface area contributed by atoms with Crippen molar-refractivity contribution in [2.24, 2.45) is 23.7 Å². The van der Waals surface area contributed by atoms with Gasteiger partial charge in [-0.25, -0.2) is 0 Å². The quantitative estimate of drug-likeness (QED) is 0.309. The van der Waals surface area contributed by atoms with Crippen LogP contribution >= 0.6 is 0 Å². The summed E-state index contributed by atoms with van der Waals surface area (Å²) in [4.78, 5) is 0. The molecular weight excluding hydrogens is 673 g/mol. The summed E-state index contributed by atoms with van der Waals surface area (Å²) in [6.07, 6.45) is 15.8. The Bertz CT molecular complexity index is 605. The molecule has 0 atom stereocenters. The van der Waals surface area contributed by atoms with E-state index in [0.717, 1.165) is 23.7 Å². The molecule has 0 saturated heterocycles. The van der Waals surface area contributed by atoms with E-state index in [-0.39, 0.29) is 182 Å². The van der Waals surface area contributed by atoms with Crippen LogP contribution in [0.4, 0.5) is 0 Å². The molecule has 4 rings (SSSR count). The zero-order valence-corrected chi connectivity index (χ0v) is 35.4. The van der Waals surface area contributed by atoms with E-state index in [1.54, 1.807) is 0 Å². The van der Waals surface area contributed by atoms with Gasteiger partial charge in [-0.3, -0.25) is 0 Å². The maximum atomic E-state index is 3.14. The smallest absolute Gasteiger partial charge is 0 e. The molecule has 2 aromatic rings. The van der Waals surface area contributed by atoms with Gasteiger partial charge in [0.2, 0.25) is 0 Å². The van der Waals surface area contributed by atoms with E-state index in [2.05, 4.69) is 60.7 Å². The molecule has 2 fully saturated rings. The first-order chi connectivity index (χ1) is 13.3. The molecule has 0 spiro atoms. The van der Waals surface area contributed by atoms with Crippen LogP contribution in [-0.2, 0) is 78.3 Å². The molecular formula is C27H34Rb2Y2-2. The Balaban J connectivity index is 0.00000225. The monoisotopic (exact) mass is 706 g/mol. The Hall–Kier alpha value is 4.26. The van der Waals surface area contributed by atoms with Crippen molar-refractivity contribution >= 4 is 116 Å². The molecule has 4 radical (unpaired) electrons. The molecule has 0 unspecified atom stereocenters. The Morgan fingerprint density at radius 1 is 0.516 bits per heavy atom. The zero-order valence-electron chi connectivity index (χ0n) is 19.9. The van der Waals surface area contributed by atoms with Crippen LogP contribution in [0.25, 0.3) is 0 Å². The molecule has 0 heterocycles. The molecule has 31 heavy (non-hydrogen) atoms. The second kappa shape index (κ2) is 20.2. The summed E-state index contributed by atoms with van der Waals surface area (Å²) >= 11 is 0. The van der Waals surface area contributed by atoms with Gasteiger partial charge in [0.25, 0.3) is 0 Å². The second-order valence-electron chi connectivity index (χ2n) is 9.23. The maximum absolute atomic E-state index is 3.14. The van der Waals surface area contributed by atoms with Gasteiger partial charge in [-0.05, 0) is 68.6 Å². The molecule has 0 bridgehead atoms. The molecule has 2 saturated carbocycles. The third-order valence-corrected chi connectivity index (χ3v) is 7.22. The standard InChI is InChI=1S/C27H34.2Rb.2Y/c1-3-7-22(8-4-1)19-24-11-15-26(16-12-24)21-27-17-13-25(14-18-27)20-23-9-5-2-6-10-23;;;;/h3-10,24-27H,11-21H2;;;;/q-2;;;;. The van der Waals surface area contributed by atoms with Crippen molar-refractivity contribution in [1.82, 2.24) is 0 Å². The van der Waals surface area contributed by atoms with Crippen molar-refractivity contribution < 1.29 is 65.4 Å². The summed E-state index contributed by atoms with van der Waals surface area (Å²) < 4.78 is 0. The SMILES string of the molecule is [Rb].[Rb].[Y].[Y].[c-]1ccc(CC2CCC(CC3CCC(Cc4cc[c-]cc4)CC3)CC2)cc1.